The Bertz CT molecular complexity index is 605. The normalized spacial score (nSPS) is 17.8. The zero-order chi connectivity index (χ0) is 17.7. The van der Waals surface area contributed by atoms with E-state index in [4.69, 9.17) is 4.74 Å². The fourth-order valence-electron chi connectivity index (χ4n) is 3.76. The van der Waals surface area contributed by atoms with Crippen molar-refractivity contribution in [3.63, 3.8) is 0 Å². The maximum absolute atomic E-state index is 12.6. The van der Waals surface area contributed by atoms with Crippen LogP contribution >= 0.6 is 0 Å². The van der Waals surface area contributed by atoms with E-state index in [-0.39, 0.29) is 24.2 Å². The Balaban J connectivity index is 2.13. The van der Waals surface area contributed by atoms with Gasteiger partial charge in [-0.25, -0.2) is 4.79 Å². The van der Waals surface area contributed by atoms with Crippen LogP contribution in [0.4, 0.5) is 0 Å². The van der Waals surface area contributed by atoms with E-state index in [0.717, 1.165) is 36.8 Å². The molecule has 1 aliphatic rings. The van der Waals surface area contributed by atoms with Crippen LogP contribution in [0.1, 0.15) is 55.7 Å². The molecule has 1 aromatic carbocycles. The SMILES string of the molecule is COC(=O)[C@](C)(NC(=O)Cc1ccc(C)cc1C)C1CCCCC1. The lowest BCUT2D eigenvalue weighted by molar-refractivity contribution is -0.153. The van der Waals surface area contributed by atoms with E-state index in [0.29, 0.717) is 0 Å². The van der Waals surface area contributed by atoms with Crippen LogP contribution in [0, 0.1) is 19.8 Å². The predicted octanol–water partition coefficient (Wildman–Crippen LogP) is 3.47. The van der Waals surface area contributed by atoms with E-state index in [1.165, 1.54) is 19.1 Å². The number of methoxy groups -OCH3 is 1. The molecule has 1 aromatic rings. The molecular weight excluding hydrogens is 302 g/mol. The summed E-state index contributed by atoms with van der Waals surface area (Å²) in [4.78, 5) is 25.0. The number of nitrogens with one attached hydrogen (secondary N) is 1. The molecule has 0 aromatic heterocycles. The molecule has 1 fully saturated rings. The van der Waals surface area contributed by atoms with E-state index < -0.39 is 5.54 Å². The lowest BCUT2D eigenvalue weighted by Crippen LogP contribution is -2.58. The molecule has 0 radical (unpaired) electrons. The number of esters is 1. The predicted molar refractivity (Wildman–Crippen MR) is 94.8 cm³/mol. The second-order valence-electron chi connectivity index (χ2n) is 7.18. The summed E-state index contributed by atoms with van der Waals surface area (Å²) >= 11 is 0. The zero-order valence-electron chi connectivity index (χ0n) is 15.3. The standard InChI is InChI=1S/C20H29NO3/c1-14-10-11-16(15(2)12-14)13-18(22)21-20(3,19(23)24-4)17-8-6-5-7-9-17/h10-12,17H,5-9,13H2,1-4H3,(H,21,22)/t20-/m1/s1. The van der Waals surface area contributed by atoms with Crippen molar-refractivity contribution in [3.8, 4) is 0 Å². The molecule has 0 spiro atoms. The van der Waals surface area contributed by atoms with Gasteiger partial charge in [0.25, 0.3) is 0 Å². The second kappa shape index (κ2) is 7.82. The first kappa shape index (κ1) is 18.5. The fraction of sp³-hybridized carbons (Fsp3) is 0.600. The molecule has 0 aliphatic heterocycles. The number of aryl methyl sites for hydroxylation is 2. The molecule has 4 nitrogen and oxygen atoms in total. The summed E-state index contributed by atoms with van der Waals surface area (Å²) < 4.78 is 5.01. The van der Waals surface area contributed by atoms with Crippen molar-refractivity contribution >= 4 is 11.9 Å². The van der Waals surface area contributed by atoms with E-state index >= 15 is 0 Å². The van der Waals surface area contributed by atoms with Crippen molar-refractivity contribution in [1.29, 1.82) is 0 Å². The van der Waals surface area contributed by atoms with Gasteiger partial charge in [0.15, 0.2) is 0 Å². The molecule has 1 aliphatic carbocycles. The van der Waals surface area contributed by atoms with Crippen LogP contribution in [-0.4, -0.2) is 24.5 Å². The number of ether oxygens (including phenoxy) is 1. The highest BCUT2D eigenvalue weighted by molar-refractivity contribution is 5.89. The van der Waals surface area contributed by atoms with Crippen LogP contribution in [0.5, 0.6) is 0 Å². The van der Waals surface area contributed by atoms with Gasteiger partial charge in [0, 0.05) is 0 Å². The largest absolute Gasteiger partial charge is 0.467 e. The molecule has 0 unspecified atom stereocenters. The van der Waals surface area contributed by atoms with Crippen molar-refractivity contribution < 1.29 is 14.3 Å². The van der Waals surface area contributed by atoms with Crippen molar-refractivity contribution in [3.05, 3.63) is 34.9 Å². The van der Waals surface area contributed by atoms with Gasteiger partial charge in [-0.3, -0.25) is 4.79 Å². The van der Waals surface area contributed by atoms with Crippen molar-refractivity contribution in [1.82, 2.24) is 5.32 Å². The van der Waals surface area contributed by atoms with Gasteiger partial charge in [-0.15, -0.1) is 0 Å². The molecule has 0 bridgehead atoms. The minimum Gasteiger partial charge on any atom is -0.467 e. The fourth-order valence-corrected chi connectivity index (χ4v) is 3.76. The van der Waals surface area contributed by atoms with Crippen LogP contribution in [0.25, 0.3) is 0 Å². The van der Waals surface area contributed by atoms with Gasteiger partial charge >= 0.3 is 5.97 Å². The number of hydrogen-bond donors (Lipinski definition) is 1. The van der Waals surface area contributed by atoms with Gasteiger partial charge in [0.2, 0.25) is 5.91 Å². The van der Waals surface area contributed by atoms with Crippen molar-refractivity contribution in [2.45, 2.75) is 64.8 Å². The van der Waals surface area contributed by atoms with Gasteiger partial charge in [-0.05, 0) is 50.7 Å². The molecule has 0 heterocycles. The van der Waals surface area contributed by atoms with Crippen molar-refractivity contribution in [2.75, 3.05) is 7.11 Å². The third kappa shape index (κ3) is 4.16. The van der Waals surface area contributed by atoms with Crippen LogP contribution in [-0.2, 0) is 20.7 Å². The third-order valence-corrected chi connectivity index (χ3v) is 5.28. The molecule has 1 amide bonds. The van der Waals surface area contributed by atoms with E-state index in [1.54, 1.807) is 0 Å². The molecule has 2 rings (SSSR count). The Morgan fingerprint density at radius 3 is 2.46 bits per heavy atom. The topological polar surface area (TPSA) is 55.4 Å². The summed E-state index contributed by atoms with van der Waals surface area (Å²) in [5, 5.41) is 2.99. The first-order valence-electron chi connectivity index (χ1n) is 8.82. The molecular formula is C20H29NO3. The lowest BCUT2D eigenvalue weighted by atomic mass is 9.75. The van der Waals surface area contributed by atoms with Gasteiger partial charge < -0.3 is 10.1 Å². The molecule has 0 saturated heterocycles. The molecule has 24 heavy (non-hydrogen) atoms. The summed E-state index contributed by atoms with van der Waals surface area (Å²) in [6, 6.07) is 6.07. The highest BCUT2D eigenvalue weighted by Crippen LogP contribution is 2.33. The average Bonchev–Trinajstić information content (AvgIpc) is 2.57. The van der Waals surface area contributed by atoms with Crippen LogP contribution in [0.15, 0.2) is 18.2 Å². The lowest BCUT2D eigenvalue weighted by Gasteiger charge is -2.38. The highest BCUT2D eigenvalue weighted by Gasteiger charge is 2.43. The first-order valence-corrected chi connectivity index (χ1v) is 8.82. The van der Waals surface area contributed by atoms with Gasteiger partial charge in [0.05, 0.1) is 13.5 Å². The summed E-state index contributed by atoms with van der Waals surface area (Å²) in [5.41, 5.74) is 2.33. The van der Waals surface area contributed by atoms with Gasteiger partial charge in [0.1, 0.15) is 5.54 Å². The molecule has 4 heteroatoms. The quantitative estimate of drug-likeness (QED) is 0.841. The maximum Gasteiger partial charge on any atom is 0.331 e. The summed E-state index contributed by atoms with van der Waals surface area (Å²) in [6.45, 7) is 5.86. The molecule has 132 valence electrons. The van der Waals surface area contributed by atoms with Crippen LogP contribution < -0.4 is 5.32 Å². The Kier molecular flexibility index (Phi) is 6.03. The minimum atomic E-state index is -0.940. The third-order valence-electron chi connectivity index (χ3n) is 5.28. The van der Waals surface area contributed by atoms with Gasteiger partial charge in [-0.2, -0.15) is 0 Å². The van der Waals surface area contributed by atoms with E-state index in [1.807, 2.05) is 32.9 Å². The Morgan fingerprint density at radius 1 is 1.21 bits per heavy atom. The van der Waals surface area contributed by atoms with E-state index in [2.05, 4.69) is 11.4 Å². The van der Waals surface area contributed by atoms with E-state index in [9.17, 15) is 9.59 Å². The number of benzene rings is 1. The molecule has 1 N–H and O–H groups in total. The summed E-state index contributed by atoms with van der Waals surface area (Å²) in [5.74, 6) is -0.328. The summed E-state index contributed by atoms with van der Waals surface area (Å²) in [6.07, 6.45) is 5.59. The monoisotopic (exact) mass is 331 g/mol. The first-order chi connectivity index (χ1) is 11.4. The van der Waals surface area contributed by atoms with Crippen LogP contribution in [0.3, 0.4) is 0 Å². The Labute approximate surface area is 145 Å². The Hall–Kier alpha value is -1.84. The minimum absolute atomic E-state index is 0.125. The Morgan fingerprint density at radius 2 is 1.88 bits per heavy atom. The number of amides is 1. The van der Waals surface area contributed by atoms with Crippen molar-refractivity contribution in [2.24, 2.45) is 5.92 Å². The average molecular weight is 331 g/mol. The number of carbonyl (C=O) groups excluding carboxylic acids is 2. The number of rotatable bonds is 5. The smallest absolute Gasteiger partial charge is 0.331 e. The molecule has 1 atom stereocenters. The number of hydrogen-bond acceptors (Lipinski definition) is 3. The zero-order valence-corrected chi connectivity index (χ0v) is 15.3. The highest BCUT2D eigenvalue weighted by atomic mass is 16.5. The molecule has 1 saturated carbocycles. The van der Waals surface area contributed by atoms with Gasteiger partial charge in [-0.1, -0.05) is 43.0 Å². The second-order valence-corrected chi connectivity index (χ2v) is 7.18. The van der Waals surface area contributed by atoms with Crippen LogP contribution in [0.2, 0.25) is 0 Å². The summed E-state index contributed by atoms with van der Waals surface area (Å²) in [7, 11) is 1.39. The number of carbonyl (C=O) groups is 2. The maximum atomic E-state index is 12.6.